The van der Waals surface area contributed by atoms with Crippen molar-refractivity contribution in [1.29, 1.82) is 0 Å². The van der Waals surface area contributed by atoms with E-state index in [4.69, 9.17) is 21.1 Å². The molecule has 0 spiro atoms. The van der Waals surface area contributed by atoms with Crippen molar-refractivity contribution in [3.05, 3.63) is 24.3 Å². The number of benzene rings is 1. The number of hydrogen-bond donors (Lipinski definition) is 1. The van der Waals surface area contributed by atoms with Gasteiger partial charge in [-0.2, -0.15) is 0 Å². The summed E-state index contributed by atoms with van der Waals surface area (Å²) in [5.41, 5.74) is 0. The molecule has 1 aromatic rings. The molecule has 0 aliphatic rings. The van der Waals surface area contributed by atoms with Crippen LogP contribution in [0.25, 0.3) is 0 Å². The largest absolute Gasteiger partial charge is 0.497 e. The van der Waals surface area contributed by atoms with E-state index in [1.54, 1.807) is 7.11 Å². The molecule has 1 N–H and O–H groups in total. The first-order chi connectivity index (χ1) is 8.36. The summed E-state index contributed by atoms with van der Waals surface area (Å²) in [6.07, 6.45) is 2.18. The summed E-state index contributed by atoms with van der Waals surface area (Å²) in [6.45, 7) is 2.53. The Morgan fingerprint density at radius 2 is 1.76 bits per heavy atom. The Bertz CT molecular complexity index is 290. The number of rotatable bonds is 9. The Morgan fingerprint density at radius 1 is 1.06 bits per heavy atom. The van der Waals surface area contributed by atoms with Crippen LogP contribution in [0, 0.1) is 0 Å². The highest BCUT2D eigenvalue weighted by atomic mass is 35.5. The Kier molecular flexibility index (Phi) is 7.60. The van der Waals surface area contributed by atoms with E-state index in [1.807, 2.05) is 24.3 Å². The van der Waals surface area contributed by atoms with Crippen molar-refractivity contribution >= 4 is 11.6 Å². The molecule has 0 unspecified atom stereocenters. The third-order valence-corrected chi connectivity index (χ3v) is 2.61. The summed E-state index contributed by atoms with van der Waals surface area (Å²) in [4.78, 5) is 0. The first kappa shape index (κ1) is 14.1. The molecule has 1 rings (SSSR count). The van der Waals surface area contributed by atoms with Crippen LogP contribution in [0.5, 0.6) is 11.5 Å². The lowest BCUT2D eigenvalue weighted by Gasteiger charge is -2.07. The standard InChI is InChI=1S/C13H20ClNO2/c1-16-12-4-6-13(7-5-12)17-11-10-15-9-3-2-8-14/h4-7,15H,2-3,8-11H2,1H3. The summed E-state index contributed by atoms with van der Waals surface area (Å²) < 4.78 is 10.6. The maximum Gasteiger partial charge on any atom is 0.119 e. The van der Waals surface area contributed by atoms with Crippen molar-refractivity contribution in [2.24, 2.45) is 0 Å². The molecule has 0 bridgehead atoms. The van der Waals surface area contributed by atoms with Gasteiger partial charge in [-0.05, 0) is 43.7 Å². The average molecular weight is 258 g/mol. The molecular weight excluding hydrogens is 238 g/mol. The number of nitrogens with one attached hydrogen (secondary N) is 1. The van der Waals surface area contributed by atoms with Gasteiger partial charge in [0.25, 0.3) is 0 Å². The number of ether oxygens (including phenoxy) is 2. The molecule has 17 heavy (non-hydrogen) atoms. The smallest absolute Gasteiger partial charge is 0.119 e. The number of unbranched alkanes of at least 4 members (excludes halogenated alkanes) is 1. The molecule has 0 aliphatic carbocycles. The molecule has 0 saturated heterocycles. The quantitative estimate of drug-likeness (QED) is 0.545. The van der Waals surface area contributed by atoms with Gasteiger partial charge in [-0.1, -0.05) is 0 Å². The van der Waals surface area contributed by atoms with E-state index in [2.05, 4.69) is 5.32 Å². The molecule has 0 saturated carbocycles. The van der Waals surface area contributed by atoms with E-state index in [0.717, 1.165) is 43.3 Å². The van der Waals surface area contributed by atoms with Gasteiger partial charge >= 0.3 is 0 Å². The zero-order chi connectivity index (χ0) is 12.3. The fourth-order valence-electron chi connectivity index (χ4n) is 1.38. The minimum atomic E-state index is 0.674. The zero-order valence-corrected chi connectivity index (χ0v) is 11.0. The number of hydrogen-bond acceptors (Lipinski definition) is 3. The van der Waals surface area contributed by atoms with E-state index >= 15 is 0 Å². The van der Waals surface area contributed by atoms with Gasteiger partial charge in [0.2, 0.25) is 0 Å². The highest BCUT2D eigenvalue weighted by Gasteiger charge is 1.94. The molecule has 1 aromatic carbocycles. The second kappa shape index (κ2) is 9.14. The second-order valence-corrected chi connectivity index (χ2v) is 4.05. The molecule has 4 heteroatoms. The second-order valence-electron chi connectivity index (χ2n) is 3.67. The molecule has 0 aliphatic heterocycles. The Labute approximate surface area is 108 Å². The van der Waals surface area contributed by atoms with Crippen LogP contribution in [-0.4, -0.2) is 32.7 Å². The molecule has 96 valence electrons. The summed E-state index contributed by atoms with van der Waals surface area (Å²) in [5.74, 6) is 2.45. The molecule has 0 fully saturated rings. The molecule has 0 aromatic heterocycles. The van der Waals surface area contributed by atoms with Gasteiger partial charge in [-0.25, -0.2) is 0 Å². The lowest BCUT2D eigenvalue weighted by atomic mass is 10.3. The Morgan fingerprint density at radius 3 is 2.41 bits per heavy atom. The normalized spacial score (nSPS) is 10.2. The minimum absolute atomic E-state index is 0.674. The molecule has 3 nitrogen and oxygen atoms in total. The third-order valence-electron chi connectivity index (χ3n) is 2.34. The van der Waals surface area contributed by atoms with Crippen molar-refractivity contribution in [2.75, 3.05) is 32.7 Å². The van der Waals surface area contributed by atoms with Crippen molar-refractivity contribution in [3.63, 3.8) is 0 Å². The summed E-state index contributed by atoms with van der Waals surface area (Å²) >= 11 is 5.58. The van der Waals surface area contributed by atoms with Gasteiger partial charge in [0, 0.05) is 12.4 Å². The van der Waals surface area contributed by atoms with E-state index in [1.165, 1.54) is 0 Å². The van der Waals surface area contributed by atoms with Crippen LogP contribution in [0.3, 0.4) is 0 Å². The van der Waals surface area contributed by atoms with E-state index in [-0.39, 0.29) is 0 Å². The number of halogens is 1. The Balaban J connectivity index is 2.05. The van der Waals surface area contributed by atoms with Crippen LogP contribution in [0.15, 0.2) is 24.3 Å². The van der Waals surface area contributed by atoms with Crippen LogP contribution in [0.1, 0.15) is 12.8 Å². The van der Waals surface area contributed by atoms with Gasteiger partial charge in [-0.3, -0.25) is 0 Å². The van der Waals surface area contributed by atoms with Gasteiger partial charge in [0.1, 0.15) is 18.1 Å². The lowest BCUT2D eigenvalue weighted by Crippen LogP contribution is -2.22. The Hall–Kier alpha value is -0.930. The monoisotopic (exact) mass is 257 g/mol. The fourth-order valence-corrected chi connectivity index (χ4v) is 1.57. The van der Waals surface area contributed by atoms with Crippen LogP contribution in [-0.2, 0) is 0 Å². The predicted octanol–water partition coefficient (Wildman–Crippen LogP) is 2.68. The summed E-state index contributed by atoms with van der Waals surface area (Å²) in [7, 11) is 1.65. The maximum absolute atomic E-state index is 5.58. The first-order valence-electron chi connectivity index (χ1n) is 5.90. The molecular formula is C13H20ClNO2. The maximum atomic E-state index is 5.58. The molecule has 0 amide bonds. The van der Waals surface area contributed by atoms with Gasteiger partial charge in [0.05, 0.1) is 7.11 Å². The van der Waals surface area contributed by atoms with Crippen LogP contribution in [0.2, 0.25) is 0 Å². The van der Waals surface area contributed by atoms with Gasteiger partial charge in [-0.15, -0.1) is 11.6 Å². The van der Waals surface area contributed by atoms with Gasteiger partial charge < -0.3 is 14.8 Å². The zero-order valence-electron chi connectivity index (χ0n) is 10.2. The first-order valence-corrected chi connectivity index (χ1v) is 6.44. The molecule has 0 radical (unpaired) electrons. The van der Waals surface area contributed by atoms with Crippen LogP contribution in [0.4, 0.5) is 0 Å². The predicted molar refractivity (Wildman–Crippen MR) is 71.3 cm³/mol. The number of alkyl halides is 1. The molecule has 0 heterocycles. The SMILES string of the molecule is COc1ccc(OCCNCCCCCl)cc1. The van der Waals surface area contributed by atoms with Gasteiger partial charge in [0.15, 0.2) is 0 Å². The van der Waals surface area contributed by atoms with Crippen molar-refractivity contribution in [1.82, 2.24) is 5.32 Å². The van der Waals surface area contributed by atoms with E-state index in [9.17, 15) is 0 Å². The van der Waals surface area contributed by atoms with Crippen molar-refractivity contribution < 1.29 is 9.47 Å². The lowest BCUT2D eigenvalue weighted by molar-refractivity contribution is 0.313. The topological polar surface area (TPSA) is 30.5 Å². The fraction of sp³-hybridized carbons (Fsp3) is 0.538. The van der Waals surface area contributed by atoms with E-state index < -0.39 is 0 Å². The van der Waals surface area contributed by atoms with Crippen LogP contribution < -0.4 is 14.8 Å². The van der Waals surface area contributed by atoms with E-state index in [0.29, 0.717) is 6.61 Å². The summed E-state index contributed by atoms with van der Waals surface area (Å²) in [6, 6.07) is 7.60. The highest BCUT2D eigenvalue weighted by molar-refractivity contribution is 6.17. The van der Waals surface area contributed by atoms with Crippen molar-refractivity contribution in [3.8, 4) is 11.5 Å². The van der Waals surface area contributed by atoms with Crippen molar-refractivity contribution in [2.45, 2.75) is 12.8 Å². The molecule has 0 atom stereocenters. The average Bonchev–Trinajstić information content (AvgIpc) is 2.38. The summed E-state index contributed by atoms with van der Waals surface area (Å²) in [5, 5.41) is 3.30. The number of methoxy groups -OCH3 is 1. The third kappa shape index (κ3) is 6.39. The van der Waals surface area contributed by atoms with Crippen LogP contribution >= 0.6 is 11.6 Å². The minimum Gasteiger partial charge on any atom is -0.497 e. The highest BCUT2D eigenvalue weighted by Crippen LogP contribution is 2.16.